The van der Waals surface area contributed by atoms with Crippen molar-refractivity contribution in [2.75, 3.05) is 11.4 Å². The minimum Gasteiger partial charge on any atom is -0.369 e. The third-order valence-corrected chi connectivity index (χ3v) is 4.03. The van der Waals surface area contributed by atoms with Gasteiger partial charge in [0.15, 0.2) is 5.96 Å². The molecule has 1 aliphatic heterocycles. The Labute approximate surface area is 102 Å². The van der Waals surface area contributed by atoms with Crippen LogP contribution in [0, 0.1) is 6.92 Å². The zero-order chi connectivity index (χ0) is 11.9. The highest BCUT2D eigenvalue weighted by Crippen LogP contribution is 2.41. The van der Waals surface area contributed by atoms with Gasteiger partial charge in [-0.2, -0.15) is 0 Å². The average molecular weight is 229 g/mol. The molecular weight excluding hydrogens is 210 g/mol. The molecule has 0 unspecified atom stereocenters. The summed E-state index contributed by atoms with van der Waals surface area (Å²) in [5.41, 5.74) is 8.74. The van der Waals surface area contributed by atoms with Crippen LogP contribution in [-0.4, -0.2) is 18.0 Å². The summed E-state index contributed by atoms with van der Waals surface area (Å²) < 4.78 is 0. The van der Waals surface area contributed by atoms with Crippen molar-refractivity contribution in [2.24, 2.45) is 10.7 Å². The number of aliphatic imine (C=N–C) groups is 1. The number of nitrogens with zero attached hydrogens (tertiary/aromatic N) is 2. The van der Waals surface area contributed by atoms with E-state index in [2.05, 4.69) is 41.1 Å². The van der Waals surface area contributed by atoms with Crippen LogP contribution in [0.5, 0.6) is 0 Å². The Bertz CT molecular complexity index is 458. The molecule has 0 amide bonds. The molecule has 3 rings (SSSR count). The Morgan fingerprint density at radius 3 is 2.76 bits per heavy atom. The summed E-state index contributed by atoms with van der Waals surface area (Å²) in [6.45, 7) is 2.99. The molecule has 1 aromatic carbocycles. The summed E-state index contributed by atoms with van der Waals surface area (Å²) in [7, 11) is 0. The lowest BCUT2D eigenvalue weighted by atomic mass is 9.95. The van der Waals surface area contributed by atoms with E-state index in [1.54, 1.807) is 0 Å². The lowest BCUT2D eigenvalue weighted by Crippen LogP contribution is -2.50. The second kappa shape index (κ2) is 3.76. The number of rotatable bonds is 1. The van der Waals surface area contributed by atoms with Gasteiger partial charge in [0.05, 0.1) is 12.1 Å². The van der Waals surface area contributed by atoms with Gasteiger partial charge in [0, 0.05) is 5.69 Å². The van der Waals surface area contributed by atoms with E-state index in [4.69, 9.17) is 5.73 Å². The predicted molar refractivity (Wildman–Crippen MR) is 71.3 cm³/mol. The Balaban J connectivity index is 2.01. The van der Waals surface area contributed by atoms with Crippen molar-refractivity contribution in [2.45, 2.75) is 38.1 Å². The Kier molecular flexibility index (Phi) is 2.35. The van der Waals surface area contributed by atoms with Crippen LogP contribution in [-0.2, 0) is 0 Å². The molecule has 1 aliphatic carbocycles. The van der Waals surface area contributed by atoms with Crippen LogP contribution in [0.25, 0.3) is 0 Å². The molecule has 1 aromatic rings. The van der Waals surface area contributed by atoms with Crippen LogP contribution in [0.15, 0.2) is 29.3 Å². The molecule has 1 spiro atoms. The van der Waals surface area contributed by atoms with Crippen molar-refractivity contribution in [3.63, 3.8) is 0 Å². The van der Waals surface area contributed by atoms with E-state index >= 15 is 0 Å². The van der Waals surface area contributed by atoms with E-state index in [0.717, 1.165) is 6.54 Å². The molecule has 1 fully saturated rings. The van der Waals surface area contributed by atoms with Crippen molar-refractivity contribution in [3.8, 4) is 0 Å². The highest BCUT2D eigenvalue weighted by molar-refractivity contribution is 5.98. The molecule has 17 heavy (non-hydrogen) atoms. The zero-order valence-corrected chi connectivity index (χ0v) is 10.3. The van der Waals surface area contributed by atoms with Crippen LogP contribution < -0.4 is 10.6 Å². The van der Waals surface area contributed by atoms with Gasteiger partial charge in [0.25, 0.3) is 0 Å². The Morgan fingerprint density at radius 2 is 2.06 bits per heavy atom. The topological polar surface area (TPSA) is 41.6 Å². The number of aryl methyl sites for hydroxylation is 1. The summed E-state index contributed by atoms with van der Waals surface area (Å²) in [5, 5.41) is 0. The third kappa shape index (κ3) is 1.61. The SMILES string of the molecule is Cc1cccc(N2C(N)=NCC23CCCC3)c1. The molecule has 2 aliphatic rings. The van der Waals surface area contributed by atoms with Crippen molar-refractivity contribution < 1.29 is 0 Å². The first-order valence-electron chi connectivity index (χ1n) is 6.38. The number of hydrogen-bond acceptors (Lipinski definition) is 3. The number of hydrogen-bond donors (Lipinski definition) is 1. The molecule has 3 nitrogen and oxygen atoms in total. The summed E-state index contributed by atoms with van der Waals surface area (Å²) in [4.78, 5) is 6.75. The monoisotopic (exact) mass is 229 g/mol. The van der Waals surface area contributed by atoms with Gasteiger partial charge in [-0.25, -0.2) is 0 Å². The number of guanidine groups is 1. The number of benzene rings is 1. The van der Waals surface area contributed by atoms with E-state index in [0.29, 0.717) is 5.96 Å². The summed E-state index contributed by atoms with van der Waals surface area (Å²) in [6, 6.07) is 8.56. The van der Waals surface area contributed by atoms with Crippen molar-refractivity contribution >= 4 is 11.6 Å². The Morgan fingerprint density at radius 1 is 1.29 bits per heavy atom. The van der Waals surface area contributed by atoms with Crippen molar-refractivity contribution in [1.29, 1.82) is 0 Å². The minimum absolute atomic E-state index is 0.178. The average Bonchev–Trinajstić information content (AvgIpc) is 2.88. The highest BCUT2D eigenvalue weighted by Gasteiger charge is 2.44. The quantitative estimate of drug-likeness (QED) is 0.803. The number of anilines is 1. The first-order valence-corrected chi connectivity index (χ1v) is 6.38. The molecule has 0 atom stereocenters. The van der Waals surface area contributed by atoms with Crippen LogP contribution in [0.3, 0.4) is 0 Å². The molecule has 90 valence electrons. The van der Waals surface area contributed by atoms with Gasteiger partial charge < -0.3 is 10.6 Å². The number of nitrogens with two attached hydrogens (primary N) is 1. The smallest absolute Gasteiger partial charge is 0.196 e. The molecule has 0 saturated heterocycles. The van der Waals surface area contributed by atoms with Gasteiger partial charge in [0.1, 0.15) is 0 Å². The fourth-order valence-electron chi connectivity index (χ4n) is 3.20. The fraction of sp³-hybridized carbons (Fsp3) is 0.500. The molecule has 0 bridgehead atoms. The van der Waals surface area contributed by atoms with Gasteiger partial charge in [-0.05, 0) is 37.5 Å². The molecule has 0 aromatic heterocycles. The molecule has 1 heterocycles. The maximum Gasteiger partial charge on any atom is 0.196 e. The van der Waals surface area contributed by atoms with Crippen LogP contribution >= 0.6 is 0 Å². The van der Waals surface area contributed by atoms with Crippen molar-refractivity contribution in [1.82, 2.24) is 0 Å². The van der Waals surface area contributed by atoms with Crippen LogP contribution in [0.2, 0.25) is 0 Å². The molecule has 1 saturated carbocycles. The van der Waals surface area contributed by atoms with Crippen LogP contribution in [0.4, 0.5) is 5.69 Å². The van der Waals surface area contributed by atoms with E-state index in [9.17, 15) is 0 Å². The van der Waals surface area contributed by atoms with Gasteiger partial charge >= 0.3 is 0 Å². The van der Waals surface area contributed by atoms with E-state index in [1.807, 2.05) is 0 Å². The second-order valence-corrected chi connectivity index (χ2v) is 5.28. The maximum atomic E-state index is 6.09. The highest BCUT2D eigenvalue weighted by atomic mass is 15.4. The van der Waals surface area contributed by atoms with Crippen molar-refractivity contribution in [3.05, 3.63) is 29.8 Å². The summed E-state index contributed by atoms with van der Waals surface area (Å²) in [5.74, 6) is 0.692. The van der Waals surface area contributed by atoms with Gasteiger partial charge in [-0.1, -0.05) is 25.0 Å². The first-order chi connectivity index (χ1) is 8.21. The maximum absolute atomic E-state index is 6.09. The largest absolute Gasteiger partial charge is 0.369 e. The molecule has 0 radical (unpaired) electrons. The fourth-order valence-corrected chi connectivity index (χ4v) is 3.20. The lowest BCUT2D eigenvalue weighted by molar-refractivity contribution is 0.472. The second-order valence-electron chi connectivity index (χ2n) is 5.28. The predicted octanol–water partition coefficient (Wildman–Crippen LogP) is 2.44. The first kappa shape index (κ1) is 10.6. The van der Waals surface area contributed by atoms with E-state index < -0.39 is 0 Å². The van der Waals surface area contributed by atoms with E-state index in [-0.39, 0.29) is 5.54 Å². The third-order valence-electron chi connectivity index (χ3n) is 4.03. The van der Waals surface area contributed by atoms with Gasteiger partial charge in [-0.3, -0.25) is 4.99 Å². The standard InChI is InChI=1S/C14H19N3/c1-11-5-4-6-12(9-11)17-13(15)16-10-14(17)7-2-3-8-14/h4-6,9H,2-3,7-8,10H2,1H3,(H2,15,16). The van der Waals surface area contributed by atoms with E-state index in [1.165, 1.54) is 36.9 Å². The molecule has 2 N–H and O–H groups in total. The van der Waals surface area contributed by atoms with Gasteiger partial charge in [-0.15, -0.1) is 0 Å². The minimum atomic E-state index is 0.178. The lowest BCUT2D eigenvalue weighted by Gasteiger charge is -2.36. The summed E-state index contributed by atoms with van der Waals surface area (Å²) >= 11 is 0. The Hall–Kier alpha value is -1.51. The van der Waals surface area contributed by atoms with Crippen LogP contribution in [0.1, 0.15) is 31.2 Å². The zero-order valence-electron chi connectivity index (χ0n) is 10.3. The van der Waals surface area contributed by atoms with Gasteiger partial charge in [0.2, 0.25) is 0 Å². The molecule has 3 heteroatoms. The molecular formula is C14H19N3. The summed E-state index contributed by atoms with van der Waals surface area (Å²) in [6.07, 6.45) is 5.02. The normalized spacial score (nSPS) is 22.2.